The summed E-state index contributed by atoms with van der Waals surface area (Å²) in [6, 6.07) is 16.0. The number of hydrazone groups is 1. The van der Waals surface area contributed by atoms with E-state index in [1.54, 1.807) is 36.4 Å². The average Bonchev–Trinajstić information content (AvgIpc) is 2.93. The van der Waals surface area contributed by atoms with Gasteiger partial charge in [-0.25, -0.2) is 5.01 Å². The quantitative estimate of drug-likeness (QED) is 0.431. The summed E-state index contributed by atoms with van der Waals surface area (Å²) in [5.74, 6) is -1.32. The van der Waals surface area contributed by atoms with Gasteiger partial charge in [0, 0.05) is 41.4 Å². The Balaban J connectivity index is 1.87. The van der Waals surface area contributed by atoms with Crippen LogP contribution in [-0.4, -0.2) is 41.1 Å². The Bertz CT molecular complexity index is 1300. The van der Waals surface area contributed by atoms with Gasteiger partial charge in [0.05, 0.1) is 12.8 Å². The van der Waals surface area contributed by atoms with E-state index in [1.807, 2.05) is 6.92 Å². The predicted molar refractivity (Wildman–Crippen MR) is 132 cm³/mol. The minimum Gasteiger partial charge on any atom is -0.493 e. The normalized spacial score (nSPS) is 17.2. The molecule has 2 atom stereocenters. The molecule has 8 nitrogen and oxygen atoms in total. The summed E-state index contributed by atoms with van der Waals surface area (Å²) in [7, 11) is 1.33. The third-order valence-electron chi connectivity index (χ3n) is 6.26. The van der Waals surface area contributed by atoms with E-state index < -0.39 is 24.0 Å². The average molecular weight is 509 g/mol. The lowest BCUT2D eigenvalue weighted by atomic mass is 9.86. The number of ether oxygens (including phenoxy) is 2. The van der Waals surface area contributed by atoms with Gasteiger partial charge in [-0.2, -0.15) is 13.9 Å². The number of carbonyl (C=O) groups is 2. The fraction of sp³-hybridized carbons (Fsp3) is 0.259. The van der Waals surface area contributed by atoms with Gasteiger partial charge in [-0.15, -0.1) is 0 Å². The summed E-state index contributed by atoms with van der Waals surface area (Å²) < 4.78 is 35.4. The van der Waals surface area contributed by atoms with Crippen LogP contribution in [0.1, 0.15) is 41.3 Å². The fourth-order valence-electron chi connectivity index (χ4n) is 4.33. The van der Waals surface area contributed by atoms with Crippen molar-refractivity contribution < 1.29 is 27.8 Å². The molecule has 0 saturated carbocycles. The van der Waals surface area contributed by atoms with Crippen molar-refractivity contribution in [2.75, 3.05) is 7.11 Å². The summed E-state index contributed by atoms with van der Waals surface area (Å²) in [5, 5.41) is 5.67. The maximum atomic E-state index is 13.8. The number of hydrogen-bond acceptors (Lipinski definition) is 7. The lowest BCUT2D eigenvalue weighted by molar-refractivity contribution is -0.138. The SMILES string of the molecule is CCC1CC(=O)N(C(N)(C(=O)c2ccncc2)c2ccccc2)N=C1c1ccc(OC(F)F)c(OC)c1. The highest BCUT2D eigenvalue weighted by Crippen LogP contribution is 2.36. The number of amides is 1. The van der Waals surface area contributed by atoms with Crippen molar-refractivity contribution >= 4 is 17.4 Å². The largest absolute Gasteiger partial charge is 0.493 e. The number of benzene rings is 2. The first-order valence-electron chi connectivity index (χ1n) is 11.6. The van der Waals surface area contributed by atoms with Crippen molar-refractivity contribution in [3.8, 4) is 11.5 Å². The predicted octanol–water partition coefficient (Wildman–Crippen LogP) is 4.35. The number of ketones is 1. The van der Waals surface area contributed by atoms with Crippen LogP contribution in [0.15, 0.2) is 78.2 Å². The van der Waals surface area contributed by atoms with Crippen LogP contribution in [0.2, 0.25) is 0 Å². The van der Waals surface area contributed by atoms with Crippen LogP contribution < -0.4 is 15.2 Å². The molecular weight excluding hydrogens is 482 g/mol. The van der Waals surface area contributed by atoms with Gasteiger partial charge in [0.2, 0.25) is 17.4 Å². The number of Topliss-reactive ketones (excluding diaryl/α,β-unsaturated/α-hetero) is 1. The molecule has 1 amide bonds. The van der Waals surface area contributed by atoms with Gasteiger partial charge in [-0.3, -0.25) is 20.3 Å². The van der Waals surface area contributed by atoms with E-state index in [2.05, 4.69) is 14.8 Å². The van der Waals surface area contributed by atoms with Crippen molar-refractivity contribution in [2.24, 2.45) is 16.8 Å². The van der Waals surface area contributed by atoms with Crippen LogP contribution in [0.3, 0.4) is 0 Å². The van der Waals surface area contributed by atoms with Crippen molar-refractivity contribution in [1.29, 1.82) is 0 Å². The summed E-state index contributed by atoms with van der Waals surface area (Å²) in [6.07, 6.45) is 3.54. The summed E-state index contributed by atoms with van der Waals surface area (Å²) >= 11 is 0. The molecule has 0 radical (unpaired) electrons. The second kappa shape index (κ2) is 10.8. The first-order chi connectivity index (χ1) is 17.8. The molecule has 3 aromatic rings. The summed E-state index contributed by atoms with van der Waals surface area (Å²) in [6.45, 7) is -1.12. The van der Waals surface area contributed by atoms with Crippen molar-refractivity contribution in [1.82, 2.24) is 9.99 Å². The van der Waals surface area contributed by atoms with Gasteiger partial charge in [-0.1, -0.05) is 37.3 Å². The molecule has 1 aliphatic rings. The highest BCUT2D eigenvalue weighted by molar-refractivity contribution is 6.09. The molecular formula is C27H26F2N4O4. The van der Waals surface area contributed by atoms with Gasteiger partial charge in [0.15, 0.2) is 11.5 Å². The first kappa shape index (κ1) is 25.9. The molecule has 2 aromatic carbocycles. The number of carbonyl (C=O) groups excluding carboxylic acids is 2. The second-order valence-electron chi connectivity index (χ2n) is 8.44. The minimum atomic E-state index is -3.02. The van der Waals surface area contributed by atoms with Crippen LogP contribution in [0.4, 0.5) is 8.78 Å². The van der Waals surface area contributed by atoms with Crippen LogP contribution >= 0.6 is 0 Å². The van der Waals surface area contributed by atoms with Gasteiger partial charge < -0.3 is 9.47 Å². The molecule has 0 spiro atoms. The number of pyridine rings is 1. The highest BCUT2D eigenvalue weighted by atomic mass is 19.3. The van der Waals surface area contributed by atoms with E-state index in [9.17, 15) is 18.4 Å². The molecule has 4 rings (SSSR count). The van der Waals surface area contributed by atoms with E-state index in [-0.39, 0.29) is 29.4 Å². The number of rotatable bonds is 9. The number of nitrogens with two attached hydrogens (primary N) is 1. The summed E-state index contributed by atoms with van der Waals surface area (Å²) in [5.41, 5.74) is 6.50. The molecule has 0 aliphatic carbocycles. The van der Waals surface area contributed by atoms with Gasteiger partial charge >= 0.3 is 6.61 Å². The molecule has 2 heterocycles. The molecule has 0 bridgehead atoms. The Morgan fingerprint density at radius 3 is 2.46 bits per heavy atom. The highest BCUT2D eigenvalue weighted by Gasteiger charge is 2.48. The number of halogens is 2. The third kappa shape index (κ3) is 5.05. The Labute approximate surface area is 212 Å². The van der Waals surface area contributed by atoms with Crippen LogP contribution in [0.25, 0.3) is 0 Å². The molecule has 0 fully saturated rings. The zero-order valence-corrected chi connectivity index (χ0v) is 20.3. The number of alkyl halides is 2. The maximum Gasteiger partial charge on any atom is 0.387 e. The molecule has 192 valence electrons. The Morgan fingerprint density at radius 1 is 1.14 bits per heavy atom. The van der Waals surface area contributed by atoms with Gasteiger partial charge in [0.25, 0.3) is 0 Å². The standard InChI is InChI=1S/C27H26F2N4O4/c1-3-17-16-23(34)33(32-24(17)19-9-10-21(37-26(28)29)22(15-19)36-2)27(30,20-7-5-4-6-8-20)25(35)18-11-13-31-14-12-18/h4-15,17,26H,3,16,30H2,1-2H3. The Hall–Kier alpha value is -4.18. The monoisotopic (exact) mass is 508 g/mol. The minimum absolute atomic E-state index is 0.0440. The Kier molecular flexibility index (Phi) is 7.58. The van der Waals surface area contributed by atoms with Crippen LogP contribution in [-0.2, 0) is 10.5 Å². The molecule has 2 N–H and O–H groups in total. The lowest BCUT2D eigenvalue weighted by Gasteiger charge is -2.40. The Morgan fingerprint density at radius 2 is 1.84 bits per heavy atom. The van der Waals surface area contributed by atoms with E-state index in [0.29, 0.717) is 23.3 Å². The third-order valence-corrected chi connectivity index (χ3v) is 6.26. The number of aromatic nitrogens is 1. The van der Waals surface area contributed by atoms with Gasteiger partial charge in [0.1, 0.15) is 0 Å². The van der Waals surface area contributed by atoms with Crippen molar-refractivity contribution in [3.63, 3.8) is 0 Å². The molecule has 10 heteroatoms. The van der Waals surface area contributed by atoms with Crippen LogP contribution in [0.5, 0.6) is 11.5 Å². The number of hydrogen-bond donors (Lipinski definition) is 1. The summed E-state index contributed by atoms with van der Waals surface area (Å²) in [4.78, 5) is 31.2. The van der Waals surface area contributed by atoms with E-state index in [0.717, 1.165) is 5.01 Å². The smallest absolute Gasteiger partial charge is 0.387 e. The molecule has 2 unspecified atom stereocenters. The second-order valence-corrected chi connectivity index (χ2v) is 8.44. The first-order valence-corrected chi connectivity index (χ1v) is 11.6. The zero-order chi connectivity index (χ0) is 26.6. The lowest BCUT2D eigenvalue weighted by Crippen LogP contribution is -2.60. The van der Waals surface area contributed by atoms with E-state index in [1.165, 1.54) is 43.8 Å². The zero-order valence-electron chi connectivity index (χ0n) is 20.3. The van der Waals surface area contributed by atoms with Crippen molar-refractivity contribution in [2.45, 2.75) is 32.0 Å². The maximum absolute atomic E-state index is 13.8. The van der Waals surface area contributed by atoms with Gasteiger partial charge in [-0.05, 0) is 36.8 Å². The van der Waals surface area contributed by atoms with E-state index >= 15 is 0 Å². The van der Waals surface area contributed by atoms with E-state index in [4.69, 9.17) is 10.5 Å². The number of methoxy groups -OCH3 is 1. The van der Waals surface area contributed by atoms with Crippen LogP contribution in [0, 0.1) is 5.92 Å². The topological polar surface area (TPSA) is 107 Å². The fourth-order valence-corrected chi connectivity index (χ4v) is 4.33. The molecule has 1 aromatic heterocycles. The van der Waals surface area contributed by atoms with Crippen molar-refractivity contribution in [3.05, 3.63) is 89.7 Å². The number of nitrogens with zero attached hydrogens (tertiary/aromatic N) is 3. The molecule has 0 saturated heterocycles. The molecule has 37 heavy (non-hydrogen) atoms. The molecule has 1 aliphatic heterocycles.